The molecule has 2 aromatic rings. The molecular formula is C20H22F3N3O. The number of hydrogen-bond acceptors (Lipinski definition) is 3. The third-order valence-electron chi connectivity index (χ3n) is 4.92. The predicted molar refractivity (Wildman–Crippen MR) is 96.3 cm³/mol. The fourth-order valence-corrected chi connectivity index (χ4v) is 3.25. The molecule has 1 aromatic carbocycles. The highest BCUT2D eigenvalue weighted by atomic mass is 19.4. The third kappa shape index (κ3) is 4.47. The fourth-order valence-electron chi connectivity index (χ4n) is 3.25. The summed E-state index contributed by atoms with van der Waals surface area (Å²) >= 11 is 0. The fraction of sp³-hybridized carbons (Fsp3) is 0.400. The molecule has 0 spiro atoms. The Balaban J connectivity index is 1.62. The van der Waals surface area contributed by atoms with Crippen molar-refractivity contribution in [3.8, 4) is 0 Å². The zero-order valence-corrected chi connectivity index (χ0v) is 15.4. The normalized spacial score (nSPS) is 15.8. The highest BCUT2D eigenvalue weighted by molar-refractivity contribution is 5.95. The van der Waals surface area contributed by atoms with Gasteiger partial charge in [-0.15, -0.1) is 0 Å². The molecule has 0 atom stereocenters. The molecule has 1 saturated heterocycles. The van der Waals surface area contributed by atoms with E-state index in [1.807, 2.05) is 12.1 Å². The topological polar surface area (TPSA) is 36.4 Å². The third-order valence-corrected chi connectivity index (χ3v) is 4.92. The number of pyridine rings is 1. The maximum atomic E-state index is 12.7. The Labute approximate surface area is 156 Å². The SMILES string of the molecule is Cc1ccccc1CN1CCN(C(=O)c2ccc(C(F)(F)F)nc2C)CC1. The molecule has 2 heterocycles. The minimum atomic E-state index is -4.51. The van der Waals surface area contributed by atoms with Gasteiger partial charge in [0.25, 0.3) is 5.91 Å². The zero-order chi connectivity index (χ0) is 19.6. The molecular weight excluding hydrogens is 355 g/mol. The number of nitrogens with zero attached hydrogens (tertiary/aromatic N) is 3. The number of piperazine rings is 1. The number of alkyl halides is 3. The van der Waals surface area contributed by atoms with Crippen LogP contribution >= 0.6 is 0 Å². The van der Waals surface area contributed by atoms with Crippen molar-refractivity contribution in [1.82, 2.24) is 14.8 Å². The van der Waals surface area contributed by atoms with Crippen LogP contribution in [0, 0.1) is 13.8 Å². The van der Waals surface area contributed by atoms with Crippen molar-refractivity contribution in [2.75, 3.05) is 26.2 Å². The van der Waals surface area contributed by atoms with E-state index in [9.17, 15) is 18.0 Å². The lowest BCUT2D eigenvalue weighted by molar-refractivity contribution is -0.141. The summed E-state index contributed by atoms with van der Waals surface area (Å²) in [6, 6.07) is 10.3. The second kappa shape index (κ2) is 7.68. The lowest BCUT2D eigenvalue weighted by Gasteiger charge is -2.35. The van der Waals surface area contributed by atoms with Crippen molar-refractivity contribution in [3.63, 3.8) is 0 Å². The van der Waals surface area contributed by atoms with Gasteiger partial charge >= 0.3 is 6.18 Å². The minimum absolute atomic E-state index is 0.108. The summed E-state index contributed by atoms with van der Waals surface area (Å²) < 4.78 is 38.2. The van der Waals surface area contributed by atoms with E-state index in [1.54, 1.807) is 4.90 Å². The van der Waals surface area contributed by atoms with Gasteiger partial charge in [-0.25, -0.2) is 4.98 Å². The van der Waals surface area contributed by atoms with E-state index in [4.69, 9.17) is 0 Å². The zero-order valence-electron chi connectivity index (χ0n) is 15.4. The smallest absolute Gasteiger partial charge is 0.336 e. The van der Waals surface area contributed by atoms with Gasteiger partial charge in [0.05, 0.1) is 11.3 Å². The molecule has 0 N–H and O–H groups in total. The monoisotopic (exact) mass is 377 g/mol. The Morgan fingerprint density at radius 1 is 1.04 bits per heavy atom. The number of benzene rings is 1. The van der Waals surface area contributed by atoms with Gasteiger partial charge in [-0.05, 0) is 37.1 Å². The van der Waals surface area contributed by atoms with E-state index in [-0.39, 0.29) is 17.2 Å². The van der Waals surface area contributed by atoms with Crippen LogP contribution in [-0.4, -0.2) is 46.9 Å². The van der Waals surface area contributed by atoms with Crippen LogP contribution in [0.5, 0.6) is 0 Å². The quantitative estimate of drug-likeness (QED) is 0.819. The number of hydrogen-bond donors (Lipinski definition) is 0. The summed E-state index contributed by atoms with van der Waals surface area (Å²) in [7, 11) is 0. The van der Waals surface area contributed by atoms with Gasteiger partial charge in [-0.1, -0.05) is 24.3 Å². The number of aryl methyl sites for hydroxylation is 2. The first-order valence-corrected chi connectivity index (χ1v) is 8.86. The molecule has 0 unspecified atom stereocenters. The van der Waals surface area contributed by atoms with E-state index in [0.717, 1.165) is 25.7 Å². The maximum Gasteiger partial charge on any atom is 0.433 e. The van der Waals surface area contributed by atoms with Crippen LogP contribution in [0.25, 0.3) is 0 Å². The van der Waals surface area contributed by atoms with Gasteiger partial charge in [0.1, 0.15) is 5.69 Å². The molecule has 1 aliphatic heterocycles. The van der Waals surface area contributed by atoms with Gasteiger partial charge in [-0.3, -0.25) is 9.69 Å². The van der Waals surface area contributed by atoms with Crippen LogP contribution in [0.15, 0.2) is 36.4 Å². The Bertz CT molecular complexity index is 827. The second-order valence-corrected chi connectivity index (χ2v) is 6.82. The molecule has 1 fully saturated rings. The average molecular weight is 377 g/mol. The molecule has 0 saturated carbocycles. The van der Waals surface area contributed by atoms with Crippen LogP contribution in [-0.2, 0) is 12.7 Å². The Hall–Kier alpha value is -2.41. The highest BCUT2D eigenvalue weighted by Gasteiger charge is 2.33. The Morgan fingerprint density at radius 2 is 1.70 bits per heavy atom. The summed E-state index contributed by atoms with van der Waals surface area (Å²) in [5, 5.41) is 0. The van der Waals surface area contributed by atoms with Crippen LogP contribution in [0.3, 0.4) is 0 Å². The molecule has 0 aliphatic carbocycles. The van der Waals surface area contributed by atoms with E-state index in [1.165, 1.54) is 24.1 Å². The average Bonchev–Trinajstić information content (AvgIpc) is 2.63. The summed E-state index contributed by atoms with van der Waals surface area (Å²) in [5.74, 6) is -0.260. The lowest BCUT2D eigenvalue weighted by Crippen LogP contribution is -2.48. The number of aromatic nitrogens is 1. The summed E-state index contributed by atoms with van der Waals surface area (Å²) in [6.07, 6.45) is -4.51. The molecule has 1 amide bonds. The maximum absolute atomic E-state index is 12.7. The second-order valence-electron chi connectivity index (χ2n) is 6.82. The number of amides is 1. The number of carbonyl (C=O) groups excluding carboxylic acids is 1. The van der Waals surface area contributed by atoms with Gasteiger partial charge in [0.2, 0.25) is 0 Å². The molecule has 1 aromatic heterocycles. The van der Waals surface area contributed by atoms with Crippen LogP contribution < -0.4 is 0 Å². The standard InChI is InChI=1S/C20H22F3N3O/c1-14-5-3-4-6-16(14)13-25-9-11-26(12-10-25)19(27)17-7-8-18(20(21,22)23)24-15(17)2/h3-8H,9-13H2,1-2H3. The number of rotatable bonds is 3. The molecule has 4 nitrogen and oxygen atoms in total. The minimum Gasteiger partial charge on any atom is -0.336 e. The van der Waals surface area contributed by atoms with Gasteiger partial charge in [0.15, 0.2) is 0 Å². The van der Waals surface area contributed by atoms with Crippen LogP contribution in [0.2, 0.25) is 0 Å². The first-order valence-electron chi connectivity index (χ1n) is 8.86. The summed E-state index contributed by atoms with van der Waals surface area (Å²) in [5.41, 5.74) is 1.87. The molecule has 1 aliphatic rings. The van der Waals surface area contributed by atoms with Gasteiger partial charge < -0.3 is 4.90 Å². The van der Waals surface area contributed by atoms with Crippen LogP contribution in [0.1, 0.15) is 32.9 Å². The van der Waals surface area contributed by atoms with Crippen molar-refractivity contribution >= 4 is 5.91 Å². The van der Waals surface area contributed by atoms with E-state index >= 15 is 0 Å². The molecule has 0 radical (unpaired) electrons. The Kier molecular flexibility index (Phi) is 5.51. The van der Waals surface area contributed by atoms with Crippen molar-refractivity contribution in [1.29, 1.82) is 0 Å². The largest absolute Gasteiger partial charge is 0.433 e. The van der Waals surface area contributed by atoms with E-state index in [0.29, 0.717) is 13.1 Å². The molecule has 144 valence electrons. The summed E-state index contributed by atoms with van der Waals surface area (Å²) in [4.78, 5) is 20.2. The van der Waals surface area contributed by atoms with Crippen molar-refractivity contribution in [2.45, 2.75) is 26.6 Å². The number of halogens is 3. The highest BCUT2D eigenvalue weighted by Crippen LogP contribution is 2.28. The van der Waals surface area contributed by atoms with Crippen molar-refractivity contribution in [3.05, 3.63) is 64.5 Å². The number of carbonyl (C=O) groups is 1. The molecule has 0 bridgehead atoms. The van der Waals surface area contributed by atoms with Crippen molar-refractivity contribution < 1.29 is 18.0 Å². The van der Waals surface area contributed by atoms with Crippen molar-refractivity contribution in [2.24, 2.45) is 0 Å². The Morgan fingerprint density at radius 3 is 2.30 bits per heavy atom. The first kappa shape index (κ1) is 19.4. The first-order chi connectivity index (χ1) is 12.8. The van der Waals surface area contributed by atoms with Gasteiger partial charge in [0, 0.05) is 32.7 Å². The molecule has 27 heavy (non-hydrogen) atoms. The lowest BCUT2D eigenvalue weighted by atomic mass is 10.1. The molecule has 7 heteroatoms. The predicted octanol–water partition coefficient (Wildman–Crippen LogP) is 3.68. The summed E-state index contributed by atoms with van der Waals surface area (Å²) in [6.45, 7) is 6.90. The van der Waals surface area contributed by atoms with Crippen LogP contribution in [0.4, 0.5) is 13.2 Å². The molecule has 3 rings (SSSR count). The van der Waals surface area contributed by atoms with E-state index < -0.39 is 11.9 Å². The van der Waals surface area contributed by atoms with E-state index in [2.05, 4.69) is 28.9 Å². The van der Waals surface area contributed by atoms with Gasteiger partial charge in [-0.2, -0.15) is 13.2 Å².